The van der Waals surface area contributed by atoms with Crippen LogP contribution in [0.15, 0.2) is 0 Å². The van der Waals surface area contributed by atoms with Crippen LogP contribution in [-0.2, 0) is 9.47 Å². The van der Waals surface area contributed by atoms with E-state index in [1.54, 1.807) is 0 Å². The number of hydrogen-bond acceptors (Lipinski definition) is 2. The molecule has 0 amide bonds. The van der Waals surface area contributed by atoms with Crippen molar-refractivity contribution < 1.29 is 35.8 Å². The Kier molecular flexibility index (Phi) is 2.23. The quantitative estimate of drug-likeness (QED) is 0.543. The molecule has 0 aliphatic carbocycles. The molecule has 0 N–H and O–H groups in total. The van der Waals surface area contributed by atoms with Gasteiger partial charge in [0, 0.05) is 0 Å². The Balaban J connectivity index is 2.87. The van der Waals surface area contributed by atoms with E-state index in [1.165, 1.54) is 0 Å². The second kappa shape index (κ2) is 2.93. The fraction of sp³-hybridized carbons (Fsp3) is 0.833. The number of hydrogen-bond donors (Lipinski definition) is 0. The minimum absolute atomic E-state index is 0.884. The van der Waals surface area contributed by atoms with Crippen LogP contribution in [0.3, 0.4) is 0 Å². The summed E-state index contributed by atoms with van der Waals surface area (Å²) in [5.41, 5.74) is 0. The van der Waals surface area contributed by atoms with Crippen LogP contribution in [0.5, 0.6) is 0 Å². The fourth-order valence-corrected chi connectivity index (χ4v) is 2.69. The Labute approximate surface area is 75.8 Å². The van der Waals surface area contributed by atoms with E-state index in [4.69, 9.17) is 0 Å². The molecule has 1 aliphatic rings. The van der Waals surface area contributed by atoms with Gasteiger partial charge in [-0.3, -0.25) is 0 Å². The summed E-state index contributed by atoms with van der Waals surface area (Å²) in [6.45, 7) is -2.57. The third-order valence-electron chi connectivity index (χ3n) is 1.47. The third kappa shape index (κ3) is 2.07. The normalized spacial score (nSPS) is 36.5. The zero-order valence-corrected chi connectivity index (χ0v) is 9.74. The predicted molar refractivity (Wildman–Crippen MR) is 32.6 cm³/mol. The van der Waals surface area contributed by atoms with Crippen molar-refractivity contribution in [3.8, 4) is 0 Å². The zero-order chi connectivity index (χ0) is 11.9. The van der Waals surface area contributed by atoms with Gasteiger partial charge >= 0.3 is 74.6 Å². The van der Waals surface area contributed by atoms with Gasteiger partial charge in [-0.2, -0.15) is 0 Å². The first-order valence-corrected chi connectivity index (χ1v) is 6.09. The van der Waals surface area contributed by atoms with Crippen molar-refractivity contribution in [2.45, 2.75) is 25.2 Å². The van der Waals surface area contributed by atoms with Gasteiger partial charge in [0.1, 0.15) is 0 Å². The molecule has 2 atom stereocenters. The van der Waals surface area contributed by atoms with Crippen LogP contribution in [0.25, 0.3) is 0 Å². The fourth-order valence-electron chi connectivity index (χ4n) is 0.842. The van der Waals surface area contributed by atoms with Crippen molar-refractivity contribution in [3.63, 3.8) is 0 Å². The second-order valence-electron chi connectivity index (χ2n) is 2.67. The summed E-state index contributed by atoms with van der Waals surface area (Å²) in [7, 11) is 0. The Hall–Kier alpha value is -1.63. The molecule has 2 nitrogen and oxygen atoms in total. The number of alkyl halides is 4. The van der Waals surface area contributed by atoms with Crippen LogP contribution in [-0.4, -0.2) is 31.9 Å². The van der Waals surface area contributed by atoms with Gasteiger partial charge in [-0.1, -0.05) is 0 Å². The van der Waals surface area contributed by atoms with Gasteiger partial charge < -0.3 is 0 Å². The van der Waals surface area contributed by atoms with E-state index in [1.807, 2.05) is 0 Å². The first-order valence-electron chi connectivity index (χ1n) is 3.45. The molecule has 93 valence electrons. The molecule has 1 rings (SSSR count). The summed E-state index contributed by atoms with van der Waals surface area (Å²) in [5.74, 6) is -3.98. The summed E-state index contributed by atoms with van der Waals surface area (Å²) < 4.78 is 78.8. The molecule has 0 aromatic heterocycles. The third-order valence-corrected chi connectivity index (χ3v) is 3.81. The predicted octanol–water partition coefficient (Wildman–Crippen LogP) is 2.05. The molecule has 1 heterocycles. The molecule has 9 heteroatoms. The van der Waals surface area contributed by atoms with E-state index in [2.05, 4.69) is 9.47 Å². The molecule has 1 aliphatic heterocycles. The summed E-state index contributed by atoms with van der Waals surface area (Å²) in [5, 5.41) is 0. The van der Waals surface area contributed by atoms with E-state index >= 15 is 0 Å². The molecule has 0 bridgehead atoms. The molecule has 0 spiro atoms. The van der Waals surface area contributed by atoms with Gasteiger partial charge in [-0.25, -0.2) is 0 Å². The molecule has 1 fully saturated rings. The zero-order valence-electron chi connectivity index (χ0n) is 7.11. The first kappa shape index (κ1) is 11.4. The Morgan fingerprint density at radius 2 is 1.87 bits per heavy atom. The van der Waals surface area contributed by atoms with E-state index in [0.717, 1.165) is 6.92 Å². The summed E-state index contributed by atoms with van der Waals surface area (Å²) >= 11 is 0. The van der Waals surface area contributed by atoms with Crippen molar-refractivity contribution in [1.82, 2.24) is 0 Å². The van der Waals surface area contributed by atoms with Gasteiger partial charge in [0.05, 0.1) is 0 Å². The maximum absolute atomic E-state index is 13.1. The van der Waals surface area contributed by atoms with Gasteiger partial charge in [0.2, 0.25) is 0 Å². The second-order valence-corrected chi connectivity index (χ2v) is 6.71. The van der Waals surface area contributed by atoms with Gasteiger partial charge in [-0.05, 0) is 0 Å². The molecular formula is C6H5CfF6O2. The van der Waals surface area contributed by atoms with E-state index in [-0.39, 0.29) is 0 Å². The van der Waals surface area contributed by atoms with Crippen LogP contribution in [0.4, 0.5) is 26.3 Å². The Bertz CT molecular complexity index is 288. The van der Waals surface area contributed by atoms with Crippen molar-refractivity contribution in [2.75, 3.05) is 6.61 Å². The molecule has 2 unspecified atom stereocenters. The van der Waals surface area contributed by atoms with Crippen LogP contribution in [0.1, 0.15) is 6.92 Å². The van der Waals surface area contributed by atoms with Crippen molar-refractivity contribution >= 4 is 6.93 Å². The average molecular weight is 474 g/mol. The minimum atomic E-state index is -5.28. The summed E-state index contributed by atoms with van der Waals surface area (Å²) in [6, 6.07) is 0. The molecule has 0 aromatic carbocycles. The van der Waals surface area contributed by atoms with E-state index in [0.29, 0.717) is 0 Å². The summed E-state index contributed by atoms with van der Waals surface area (Å²) in [6.07, 6.45) is -7.41. The van der Waals surface area contributed by atoms with Gasteiger partial charge in [0.15, 0.2) is 0 Å². The van der Waals surface area contributed by atoms with Crippen molar-refractivity contribution in [2.24, 2.45) is 0 Å². The van der Waals surface area contributed by atoms with Crippen LogP contribution in [0, 0.1) is 0 Å². The van der Waals surface area contributed by atoms with Crippen molar-refractivity contribution in [1.29, 1.82) is 0 Å². The molecule has 0 saturated carbocycles. The molecule has 15 heavy (non-hydrogen) atoms. The molecular weight excluding hydrogens is 469 g/mol. The summed E-state index contributed by atoms with van der Waals surface area (Å²) in [4.78, 5) is 0. The van der Waals surface area contributed by atoms with Crippen LogP contribution in [0.2, 0.25) is 0 Å². The van der Waals surface area contributed by atoms with E-state index < -0.39 is 31.9 Å². The molecule has 0 aromatic rings. The standard InChI is InChI=1S/C5H5F4O2.CF2.Cf/c1-3-10-2-4(6,11-3)5(7,8)9;2-1-3;/h2H2,1H3;;. The van der Waals surface area contributed by atoms with Gasteiger partial charge in [-0.15, -0.1) is 0 Å². The number of ether oxygens (including phenoxy) is 2. The molecule has 1 saturated heterocycles. The topological polar surface area (TPSA) is 18.5 Å². The number of halogens is 6. The van der Waals surface area contributed by atoms with Gasteiger partial charge in [0.25, 0.3) is 0 Å². The molecule has 0 radical (unpaired) electrons. The average Bonchev–Trinajstić information content (AvgIpc) is 2.24. The first-order chi connectivity index (χ1) is 6.58. The Morgan fingerprint density at radius 1 is 1.33 bits per heavy atom. The Morgan fingerprint density at radius 3 is 2.20 bits per heavy atom. The van der Waals surface area contributed by atoms with Crippen LogP contribution < -0.4 is 0 Å². The number of rotatable bonds is 1. The van der Waals surface area contributed by atoms with E-state index in [9.17, 15) is 26.3 Å². The maximum atomic E-state index is 13.1. The SMILES string of the molecule is C[C]1([Cf]=[C](F)F)OCC(F)(C(F)(F)F)O1. The van der Waals surface area contributed by atoms with Crippen LogP contribution >= 0.6 is 0 Å². The monoisotopic (exact) mass is 472 g/mol. The van der Waals surface area contributed by atoms with Crippen molar-refractivity contribution in [3.05, 3.63) is 0 Å².